The molecule has 1 saturated heterocycles. The fraction of sp³-hybridized carbons (Fsp3) is 0.500. The van der Waals surface area contributed by atoms with Crippen molar-refractivity contribution in [3.05, 3.63) is 29.8 Å². The van der Waals surface area contributed by atoms with Gasteiger partial charge in [0.05, 0.1) is 13.2 Å². The minimum absolute atomic E-state index is 0.154. The molecule has 1 aliphatic rings. The lowest BCUT2D eigenvalue weighted by Gasteiger charge is -2.19. The van der Waals surface area contributed by atoms with Crippen molar-refractivity contribution in [3.8, 4) is 0 Å². The highest BCUT2D eigenvalue weighted by atomic mass is 16.6. The van der Waals surface area contributed by atoms with Gasteiger partial charge in [-0.25, -0.2) is 0 Å². The smallest absolute Gasteiger partial charge is 0.405 e. The Balaban J connectivity index is 2.16. The monoisotopic (exact) mass is 204 g/mol. The van der Waals surface area contributed by atoms with Crippen LogP contribution >= 0.6 is 0 Å². The molecule has 0 spiro atoms. The zero-order chi connectivity index (χ0) is 10.9. The fourth-order valence-corrected chi connectivity index (χ4v) is 1.69. The van der Waals surface area contributed by atoms with Gasteiger partial charge >= 0.3 is 7.12 Å². The maximum atomic E-state index is 5.44. The highest BCUT2D eigenvalue weighted by Crippen LogP contribution is 2.20. The van der Waals surface area contributed by atoms with Crippen LogP contribution in [0.5, 0.6) is 0 Å². The van der Waals surface area contributed by atoms with E-state index in [1.165, 1.54) is 5.56 Å². The highest BCUT2D eigenvalue weighted by molar-refractivity contribution is 6.61. The van der Waals surface area contributed by atoms with Crippen molar-refractivity contribution in [1.82, 2.24) is 0 Å². The van der Waals surface area contributed by atoms with Crippen LogP contribution in [0, 0.1) is 0 Å². The maximum Gasteiger partial charge on any atom is 0.494 e. The molecule has 0 bridgehead atoms. The van der Waals surface area contributed by atoms with Gasteiger partial charge in [0.1, 0.15) is 0 Å². The Morgan fingerprint density at radius 1 is 1.00 bits per heavy atom. The Labute approximate surface area is 91.7 Å². The van der Waals surface area contributed by atoms with Crippen LogP contribution in [0.15, 0.2) is 24.3 Å². The molecule has 1 aromatic rings. The molecule has 0 radical (unpaired) electrons. The molecule has 2 rings (SSSR count). The van der Waals surface area contributed by atoms with Crippen molar-refractivity contribution < 1.29 is 9.31 Å². The molecule has 1 aliphatic heterocycles. The van der Waals surface area contributed by atoms with Gasteiger partial charge in [-0.05, 0) is 16.4 Å². The molecular weight excluding hydrogens is 187 g/mol. The van der Waals surface area contributed by atoms with Gasteiger partial charge in [0, 0.05) is 0 Å². The molecule has 0 N–H and O–H groups in total. The first-order valence-corrected chi connectivity index (χ1v) is 5.41. The molecule has 0 aromatic heterocycles. The summed E-state index contributed by atoms with van der Waals surface area (Å²) < 4.78 is 10.9. The Morgan fingerprint density at radius 2 is 1.53 bits per heavy atom. The summed E-state index contributed by atoms with van der Waals surface area (Å²) in [6.07, 6.45) is 0. The molecule has 0 amide bonds. The average Bonchev–Trinajstić information content (AvgIpc) is 2.69. The van der Waals surface area contributed by atoms with Crippen molar-refractivity contribution in [2.24, 2.45) is 0 Å². The molecule has 0 aliphatic carbocycles. The highest BCUT2D eigenvalue weighted by Gasteiger charge is 2.26. The molecule has 0 saturated carbocycles. The van der Waals surface area contributed by atoms with Crippen LogP contribution in [0.4, 0.5) is 0 Å². The SMILES string of the molecule is CC(C)(C)c1ccc(B2OCCO2)cc1. The fourth-order valence-electron chi connectivity index (χ4n) is 1.69. The summed E-state index contributed by atoms with van der Waals surface area (Å²) in [5.41, 5.74) is 2.65. The lowest BCUT2D eigenvalue weighted by atomic mass is 9.77. The normalized spacial score (nSPS) is 17.1. The van der Waals surface area contributed by atoms with Crippen LogP contribution in [-0.4, -0.2) is 20.3 Å². The minimum atomic E-state index is -0.154. The quantitative estimate of drug-likeness (QED) is 0.648. The van der Waals surface area contributed by atoms with E-state index < -0.39 is 0 Å². The molecule has 3 heteroatoms. The van der Waals surface area contributed by atoms with Crippen LogP contribution in [0.1, 0.15) is 26.3 Å². The third-order valence-corrected chi connectivity index (χ3v) is 2.67. The average molecular weight is 204 g/mol. The molecule has 2 nitrogen and oxygen atoms in total. The van der Waals surface area contributed by atoms with Crippen molar-refractivity contribution in [2.45, 2.75) is 26.2 Å². The third-order valence-electron chi connectivity index (χ3n) is 2.67. The van der Waals surface area contributed by atoms with E-state index in [1.54, 1.807) is 0 Å². The zero-order valence-electron chi connectivity index (χ0n) is 9.62. The van der Waals surface area contributed by atoms with Gasteiger partial charge in [0.2, 0.25) is 0 Å². The largest absolute Gasteiger partial charge is 0.494 e. The van der Waals surface area contributed by atoms with Crippen molar-refractivity contribution >= 4 is 12.6 Å². The molecule has 1 aromatic carbocycles. The van der Waals surface area contributed by atoms with Gasteiger partial charge in [-0.2, -0.15) is 0 Å². The van der Waals surface area contributed by atoms with Crippen LogP contribution < -0.4 is 5.46 Å². The Bertz CT molecular complexity index is 320. The van der Waals surface area contributed by atoms with E-state index in [0.717, 1.165) is 5.46 Å². The van der Waals surface area contributed by atoms with E-state index in [9.17, 15) is 0 Å². The van der Waals surface area contributed by atoms with E-state index in [1.807, 2.05) is 0 Å². The van der Waals surface area contributed by atoms with Crippen LogP contribution in [0.3, 0.4) is 0 Å². The first-order chi connectivity index (χ1) is 7.07. The number of rotatable bonds is 1. The van der Waals surface area contributed by atoms with Gasteiger partial charge in [-0.1, -0.05) is 45.0 Å². The van der Waals surface area contributed by atoms with E-state index >= 15 is 0 Å². The van der Waals surface area contributed by atoms with E-state index in [2.05, 4.69) is 45.0 Å². The second kappa shape index (κ2) is 3.99. The summed E-state index contributed by atoms with van der Waals surface area (Å²) in [5.74, 6) is 0. The van der Waals surface area contributed by atoms with Crippen LogP contribution in [-0.2, 0) is 14.7 Å². The summed E-state index contributed by atoms with van der Waals surface area (Å²) in [5, 5.41) is 0. The van der Waals surface area contributed by atoms with Crippen molar-refractivity contribution in [3.63, 3.8) is 0 Å². The first-order valence-electron chi connectivity index (χ1n) is 5.41. The van der Waals surface area contributed by atoms with Gasteiger partial charge < -0.3 is 9.31 Å². The Kier molecular flexibility index (Phi) is 2.85. The third kappa shape index (κ3) is 2.41. The Morgan fingerprint density at radius 3 is 2.00 bits per heavy atom. The maximum absolute atomic E-state index is 5.44. The lowest BCUT2D eigenvalue weighted by Crippen LogP contribution is -2.31. The number of hydrogen-bond acceptors (Lipinski definition) is 2. The first kappa shape index (κ1) is 10.7. The van der Waals surface area contributed by atoms with Crippen molar-refractivity contribution in [1.29, 1.82) is 0 Å². The predicted molar refractivity (Wildman–Crippen MR) is 62.4 cm³/mol. The van der Waals surface area contributed by atoms with E-state index in [0.29, 0.717) is 13.2 Å². The topological polar surface area (TPSA) is 18.5 Å². The second-order valence-electron chi connectivity index (χ2n) is 4.95. The molecule has 15 heavy (non-hydrogen) atoms. The number of benzene rings is 1. The molecule has 1 heterocycles. The van der Waals surface area contributed by atoms with E-state index in [4.69, 9.17) is 9.31 Å². The van der Waals surface area contributed by atoms with Gasteiger partial charge in [-0.3, -0.25) is 0 Å². The van der Waals surface area contributed by atoms with Gasteiger partial charge in [0.15, 0.2) is 0 Å². The molecule has 1 fully saturated rings. The standard InChI is InChI=1S/C12H17BO2/c1-12(2,3)10-4-6-11(7-5-10)13-14-8-9-15-13/h4-7H,8-9H2,1-3H3. The molecule has 0 atom stereocenters. The number of hydrogen-bond donors (Lipinski definition) is 0. The Hall–Kier alpha value is -0.795. The molecule has 0 unspecified atom stereocenters. The van der Waals surface area contributed by atoms with Crippen LogP contribution in [0.2, 0.25) is 0 Å². The summed E-state index contributed by atoms with van der Waals surface area (Å²) >= 11 is 0. The van der Waals surface area contributed by atoms with Gasteiger partial charge in [0.25, 0.3) is 0 Å². The van der Waals surface area contributed by atoms with Gasteiger partial charge in [-0.15, -0.1) is 0 Å². The zero-order valence-corrected chi connectivity index (χ0v) is 9.62. The molecule has 80 valence electrons. The summed E-state index contributed by atoms with van der Waals surface area (Å²) in [6, 6.07) is 8.49. The lowest BCUT2D eigenvalue weighted by molar-refractivity contribution is 0.365. The molecular formula is C12H17BO2. The summed E-state index contributed by atoms with van der Waals surface area (Å²) in [4.78, 5) is 0. The van der Waals surface area contributed by atoms with E-state index in [-0.39, 0.29) is 12.5 Å². The van der Waals surface area contributed by atoms with Crippen molar-refractivity contribution in [2.75, 3.05) is 13.2 Å². The second-order valence-corrected chi connectivity index (χ2v) is 4.95. The summed E-state index contributed by atoms with van der Waals surface area (Å²) in [7, 11) is -0.154. The predicted octanol–water partition coefficient (Wildman–Crippen LogP) is 1.73. The van der Waals surface area contributed by atoms with Crippen LogP contribution in [0.25, 0.3) is 0 Å². The summed E-state index contributed by atoms with van der Waals surface area (Å²) in [6.45, 7) is 8.04. The minimum Gasteiger partial charge on any atom is -0.405 e.